The normalized spacial score (nSPS) is 15.6. The number of carbonyl (C=O) groups is 1. The fourth-order valence-electron chi connectivity index (χ4n) is 2.46. The maximum atomic E-state index is 12.5. The highest BCUT2D eigenvalue weighted by molar-refractivity contribution is 7.80. The molecule has 6 nitrogen and oxygen atoms in total. The quantitative estimate of drug-likeness (QED) is 0.413. The Labute approximate surface area is 153 Å². The minimum absolute atomic E-state index is 0.130. The second-order valence-corrected chi connectivity index (χ2v) is 5.73. The molecule has 0 radical (unpaired) electrons. The summed E-state index contributed by atoms with van der Waals surface area (Å²) < 4.78 is 16.1. The van der Waals surface area contributed by atoms with Gasteiger partial charge in [0.2, 0.25) is 0 Å². The minimum atomic E-state index is -0.130. The van der Waals surface area contributed by atoms with E-state index in [0.717, 1.165) is 12.0 Å². The van der Waals surface area contributed by atoms with Crippen molar-refractivity contribution < 1.29 is 19.0 Å². The van der Waals surface area contributed by atoms with E-state index >= 15 is 0 Å². The SMILES string of the molecule is CCOCCCN1C(=O)/C(=C/c2ccc(OCC)c(OC)c2)NC1=S. The van der Waals surface area contributed by atoms with Crippen LogP contribution in [0.3, 0.4) is 0 Å². The minimum Gasteiger partial charge on any atom is -0.493 e. The molecule has 136 valence electrons. The number of ether oxygens (including phenoxy) is 3. The lowest BCUT2D eigenvalue weighted by molar-refractivity contribution is -0.122. The zero-order chi connectivity index (χ0) is 18.2. The van der Waals surface area contributed by atoms with Crippen molar-refractivity contribution in [3.05, 3.63) is 29.5 Å². The molecule has 1 aliphatic rings. The number of nitrogens with zero attached hydrogens (tertiary/aromatic N) is 1. The molecule has 1 aliphatic heterocycles. The van der Waals surface area contributed by atoms with Gasteiger partial charge in [-0.2, -0.15) is 0 Å². The van der Waals surface area contributed by atoms with Crippen LogP contribution in [0.1, 0.15) is 25.8 Å². The van der Waals surface area contributed by atoms with E-state index in [0.29, 0.717) is 48.7 Å². The third-order valence-electron chi connectivity index (χ3n) is 3.64. The topological polar surface area (TPSA) is 60.0 Å². The average Bonchev–Trinajstić information content (AvgIpc) is 2.87. The number of amides is 1. The monoisotopic (exact) mass is 364 g/mol. The summed E-state index contributed by atoms with van der Waals surface area (Å²) in [6.45, 7) is 6.23. The molecule has 0 unspecified atom stereocenters. The summed E-state index contributed by atoms with van der Waals surface area (Å²) in [7, 11) is 1.59. The number of rotatable bonds is 9. The summed E-state index contributed by atoms with van der Waals surface area (Å²) in [6.07, 6.45) is 2.50. The van der Waals surface area contributed by atoms with Crippen LogP contribution < -0.4 is 14.8 Å². The van der Waals surface area contributed by atoms with Crippen molar-refractivity contribution in [1.29, 1.82) is 0 Å². The van der Waals surface area contributed by atoms with Crippen LogP contribution >= 0.6 is 12.2 Å². The first kappa shape index (κ1) is 19.2. The van der Waals surface area contributed by atoms with Crippen LogP contribution in [0.5, 0.6) is 11.5 Å². The fourth-order valence-corrected chi connectivity index (χ4v) is 2.74. The van der Waals surface area contributed by atoms with E-state index in [1.165, 1.54) is 0 Å². The molecule has 1 saturated heterocycles. The summed E-state index contributed by atoms with van der Waals surface area (Å²) in [5.41, 5.74) is 1.28. The van der Waals surface area contributed by atoms with E-state index in [-0.39, 0.29) is 5.91 Å². The summed E-state index contributed by atoms with van der Waals surface area (Å²) in [6, 6.07) is 5.52. The Morgan fingerprint density at radius 3 is 2.72 bits per heavy atom. The molecule has 25 heavy (non-hydrogen) atoms. The van der Waals surface area contributed by atoms with E-state index in [1.807, 2.05) is 32.0 Å². The fraction of sp³-hybridized carbons (Fsp3) is 0.444. The molecule has 0 aliphatic carbocycles. The summed E-state index contributed by atoms with van der Waals surface area (Å²) in [4.78, 5) is 14.1. The summed E-state index contributed by atoms with van der Waals surface area (Å²) in [5, 5.41) is 3.40. The van der Waals surface area contributed by atoms with Crippen LogP contribution in [0.2, 0.25) is 0 Å². The number of hydrogen-bond acceptors (Lipinski definition) is 5. The zero-order valence-corrected chi connectivity index (χ0v) is 15.6. The third kappa shape index (κ3) is 4.93. The first-order chi connectivity index (χ1) is 12.1. The van der Waals surface area contributed by atoms with Crippen molar-refractivity contribution in [2.24, 2.45) is 0 Å². The number of thiocarbonyl (C=S) groups is 1. The van der Waals surface area contributed by atoms with Gasteiger partial charge in [-0.3, -0.25) is 9.69 Å². The Hall–Kier alpha value is -2.12. The van der Waals surface area contributed by atoms with Gasteiger partial charge < -0.3 is 19.5 Å². The second-order valence-electron chi connectivity index (χ2n) is 5.34. The molecule has 7 heteroatoms. The van der Waals surface area contributed by atoms with Crippen molar-refractivity contribution in [2.45, 2.75) is 20.3 Å². The lowest BCUT2D eigenvalue weighted by atomic mass is 10.1. The van der Waals surface area contributed by atoms with E-state index in [9.17, 15) is 4.79 Å². The Bertz CT molecular complexity index is 660. The molecule has 0 saturated carbocycles. The Kier molecular flexibility index (Phi) is 7.21. The highest BCUT2D eigenvalue weighted by Gasteiger charge is 2.30. The number of nitrogens with one attached hydrogen (secondary N) is 1. The van der Waals surface area contributed by atoms with Gasteiger partial charge in [-0.25, -0.2) is 0 Å². The van der Waals surface area contributed by atoms with Crippen LogP contribution in [-0.4, -0.2) is 49.4 Å². The lowest BCUT2D eigenvalue weighted by Crippen LogP contribution is -2.32. The number of methoxy groups -OCH3 is 1. The molecule has 0 spiro atoms. The van der Waals surface area contributed by atoms with Gasteiger partial charge in [0, 0.05) is 19.8 Å². The van der Waals surface area contributed by atoms with Gasteiger partial charge in [0.1, 0.15) is 5.70 Å². The number of benzene rings is 1. The molecule has 1 heterocycles. The summed E-state index contributed by atoms with van der Waals surface area (Å²) >= 11 is 5.26. The number of carbonyl (C=O) groups excluding carboxylic acids is 1. The van der Waals surface area contributed by atoms with Crippen LogP contribution in [0.25, 0.3) is 6.08 Å². The molecule has 0 atom stereocenters. The van der Waals surface area contributed by atoms with Gasteiger partial charge in [-0.15, -0.1) is 0 Å². The molecule has 0 bridgehead atoms. The molecule has 0 aromatic heterocycles. The largest absolute Gasteiger partial charge is 0.493 e. The molecule has 1 aromatic carbocycles. The van der Waals surface area contributed by atoms with Crippen molar-refractivity contribution in [2.75, 3.05) is 33.5 Å². The Morgan fingerprint density at radius 1 is 1.24 bits per heavy atom. The van der Waals surface area contributed by atoms with Gasteiger partial charge in [-0.05, 0) is 56.3 Å². The number of hydrogen-bond donors (Lipinski definition) is 1. The molecule has 1 aromatic rings. The van der Waals surface area contributed by atoms with Gasteiger partial charge in [0.15, 0.2) is 16.6 Å². The van der Waals surface area contributed by atoms with Gasteiger partial charge in [-0.1, -0.05) is 6.07 Å². The van der Waals surface area contributed by atoms with Crippen LogP contribution in [0, 0.1) is 0 Å². The van der Waals surface area contributed by atoms with E-state index in [2.05, 4.69) is 5.32 Å². The molecule has 2 rings (SSSR count). The third-order valence-corrected chi connectivity index (χ3v) is 3.96. The average molecular weight is 364 g/mol. The first-order valence-corrected chi connectivity index (χ1v) is 8.74. The molecular formula is C18H24N2O4S. The maximum absolute atomic E-state index is 12.5. The van der Waals surface area contributed by atoms with Gasteiger partial charge >= 0.3 is 0 Å². The highest BCUT2D eigenvalue weighted by atomic mass is 32.1. The van der Waals surface area contributed by atoms with Crippen molar-refractivity contribution in [1.82, 2.24) is 10.2 Å². The zero-order valence-electron chi connectivity index (χ0n) is 14.8. The summed E-state index contributed by atoms with van der Waals surface area (Å²) in [5.74, 6) is 1.16. The van der Waals surface area contributed by atoms with Crippen LogP contribution in [-0.2, 0) is 9.53 Å². The smallest absolute Gasteiger partial charge is 0.276 e. The predicted molar refractivity (Wildman–Crippen MR) is 101 cm³/mol. The van der Waals surface area contributed by atoms with E-state index in [4.69, 9.17) is 26.4 Å². The van der Waals surface area contributed by atoms with E-state index in [1.54, 1.807) is 18.1 Å². The van der Waals surface area contributed by atoms with Crippen LogP contribution in [0.4, 0.5) is 0 Å². The van der Waals surface area contributed by atoms with Crippen LogP contribution in [0.15, 0.2) is 23.9 Å². The molecule has 1 fully saturated rings. The van der Waals surface area contributed by atoms with Crippen molar-refractivity contribution in [3.63, 3.8) is 0 Å². The van der Waals surface area contributed by atoms with Gasteiger partial charge in [0.25, 0.3) is 5.91 Å². The molecule has 1 N–H and O–H groups in total. The highest BCUT2D eigenvalue weighted by Crippen LogP contribution is 2.29. The van der Waals surface area contributed by atoms with Gasteiger partial charge in [0.05, 0.1) is 13.7 Å². The standard InChI is InChI=1S/C18H24N2O4S/c1-4-23-10-6-9-20-17(21)14(19-18(20)25)11-13-7-8-15(24-5-2)16(12-13)22-3/h7-8,11-12H,4-6,9-10H2,1-3H3,(H,19,25)/b14-11-. The lowest BCUT2D eigenvalue weighted by Gasteiger charge is -2.13. The first-order valence-electron chi connectivity index (χ1n) is 8.33. The Morgan fingerprint density at radius 2 is 2.04 bits per heavy atom. The maximum Gasteiger partial charge on any atom is 0.276 e. The second kappa shape index (κ2) is 9.39. The molecule has 1 amide bonds. The molecular weight excluding hydrogens is 340 g/mol. The Balaban J connectivity index is 2.10. The van der Waals surface area contributed by atoms with E-state index < -0.39 is 0 Å². The predicted octanol–water partition coefficient (Wildman–Crippen LogP) is 2.58. The van der Waals surface area contributed by atoms with Crippen molar-refractivity contribution >= 4 is 29.3 Å². The van der Waals surface area contributed by atoms with Crippen molar-refractivity contribution in [3.8, 4) is 11.5 Å².